The van der Waals surface area contributed by atoms with Crippen molar-refractivity contribution >= 4 is 11.6 Å². The van der Waals surface area contributed by atoms with Gasteiger partial charge in [0.2, 0.25) is 5.91 Å². The molecule has 4 rings (SSSR count). The molecule has 0 saturated carbocycles. The summed E-state index contributed by atoms with van der Waals surface area (Å²) in [6.45, 7) is 5.89. The second-order valence-corrected chi connectivity index (χ2v) is 7.34. The van der Waals surface area contributed by atoms with Crippen LogP contribution in [0.15, 0.2) is 35.0 Å². The maximum Gasteiger partial charge on any atom is 0.226 e. The first-order valence-corrected chi connectivity index (χ1v) is 9.67. The minimum Gasteiger partial charge on any atom is -0.341 e. The molecular formula is C20H26N4O2. The van der Waals surface area contributed by atoms with E-state index in [9.17, 15) is 4.79 Å². The van der Waals surface area contributed by atoms with Crippen LogP contribution in [0.25, 0.3) is 0 Å². The van der Waals surface area contributed by atoms with E-state index >= 15 is 0 Å². The highest BCUT2D eigenvalue weighted by Crippen LogP contribution is 2.43. The number of benzene rings is 1. The molecule has 138 valence electrons. The molecule has 26 heavy (non-hydrogen) atoms. The summed E-state index contributed by atoms with van der Waals surface area (Å²) < 4.78 is 5.49. The van der Waals surface area contributed by atoms with Crippen LogP contribution in [-0.2, 0) is 4.79 Å². The van der Waals surface area contributed by atoms with Crippen molar-refractivity contribution in [3.8, 4) is 0 Å². The number of aromatic nitrogens is 2. The lowest BCUT2D eigenvalue weighted by Gasteiger charge is -2.41. The number of fused-ring (bicyclic) bond motifs is 1. The van der Waals surface area contributed by atoms with E-state index in [-0.39, 0.29) is 17.7 Å². The molecule has 1 aromatic heterocycles. The number of carbonyl (C=O) groups is 1. The summed E-state index contributed by atoms with van der Waals surface area (Å²) in [5.41, 5.74) is 2.14. The van der Waals surface area contributed by atoms with Gasteiger partial charge in [0.15, 0.2) is 5.76 Å². The number of rotatable bonds is 4. The van der Waals surface area contributed by atoms with Crippen LogP contribution >= 0.6 is 0 Å². The third-order valence-corrected chi connectivity index (χ3v) is 5.68. The summed E-state index contributed by atoms with van der Waals surface area (Å²) >= 11 is 0. The molecule has 1 saturated heterocycles. The predicted molar refractivity (Wildman–Crippen MR) is 99.0 cm³/mol. The van der Waals surface area contributed by atoms with E-state index in [0.717, 1.165) is 36.6 Å². The number of likely N-dealkylation sites (tertiary alicyclic amines) is 1. The Hall–Kier alpha value is -2.21. The van der Waals surface area contributed by atoms with Gasteiger partial charge in [0.1, 0.15) is 0 Å². The average molecular weight is 354 g/mol. The van der Waals surface area contributed by atoms with Gasteiger partial charge < -0.3 is 14.3 Å². The lowest BCUT2D eigenvalue weighted by atomic mass is 9.79. The van der Waals surface area contributed by atoms with Crippen molar-refractivity contribution < 1.29 is 9.32 Å². The number of nitrogens with zero attached hydrogens (tertiary/aromatic N) is 4. The minimum atomic E-state index is 0.0871. The molecule has 6 nitrogen and oxygen atoms in total. The third kappa shape index (κ3) is 3.26. The fraction of sp³-hybridized carbons (Fsp3) is 0.550. The molecule has 2 aliphatic heterocycles. The maximum absolute atomic E-state index is 12.6. The lowest BCUT2D eigenvalue weighted by Crippen LogP contribution is -2.46. The second kappa shape index (κ2) is 7.58. The molecule has 0 N–H and O–H groups in total. The van der Waals surface area contributed by atoms with Crippen molar-refractivity contribution in [3.05, 3.63) is 41.8 Å². The van der Waals surface area contributed by atoms with E-state index in [1.165, 1.54) is 19.3 Å². The molecule has 0 aliphatic carbocycles. The van der Waals surface area contributed by atoms with E-state index in [0.29, 0.717) is 13.0 Å². The number of anilines is 1. The molecular weight excluding hydrogens is 328 g/mol. The molecule has 2 aliphatic rings. The van der Waals surface area contributed by atoms with Gasteiger partial charge >= 0.3 is 0 Å². The maximum atomic E-state index is 12.6. The zero-order chi connectivity index (χ0) is 17.9. The highest BCUT2D eigenvalue weighted by atomic mass is 16.5. The number of hydrogen-bond donors (Lipinski definition) is 0. The summed E-state index contributed by atoms with van der Waals surface area (Å²) in [5.74, 6) is 1.33. The van der Waals surface area contributed by atoms with Crippen molar-refractivity contribution in [3.63, 3.8) is 0 Å². The minimum absolute atomic E-state index is 0.0871. The Morgan fingerprint density at radius 1 is 1.23 bits per heavy atom. The molecule has 1 amide bonds. The number of piperidine rings is 1. The Morgan fingerprint density at radius 2 is 2.04 bits per heavy atom. The Balaban J connectivity index is 1.71. The van der Waals surface area contributed by atoms with Crippen LogP contribution in [0.2, 0.25) is 0 Å². The molecule has 3 heterocycles. The first kappa shape index (κ1) is 17.2. The summed E-state index contributed by atoms with van der Waals surface area (Å²) in [5, 5.41) is 7.61. The fourth-order valence-corrected chi connectivity index (χ4v) is 4.45. The molecule has 2 aromatic rings. The topological polar surface area (TPSA) is 62.5 Å². The van der Waals surface area contributed by atoms with Gasteiger partial charge in [-0.15, -0.1) is 5.10 Å². The van der Waals surface area contributed by atoms with Crippen molar-refractivity contribution in [2.75, 3.05) is 31.1 Å². The van der Waals surface area contributed by atoms with Crippen molar-refractivity contribution in [1.82, 2.24) is 15.3 Å². The van der Waals surface area contributed by atoms with Gasteiger partial charge in [-0.1, -0.05) is 31.5 Å². The van der Waals surface area contributed by atoms with Gasteiger partial charge in [0, 0.05) is 36.4 Å². The summed E-state index contributed by atoms with van der Waals surface area (Å²) in [6.07, 6.45) is 6.08. The quantitative estimate of drug-likeness (QED) is 0.844. The van der Waals surface area contributed by atoms with Crippen LogP contribution in [0.5, 0.6) is 0 Å². The lowest BCUT2D eigenvalue weighted by molar-refractivity contribution is -0.118. The highest BCUT2D eigenvalue weighted by molar-refractivity contribution is 5.94. The van der Waals surface area contributed by atoms with Crippen LogP contribution in [0, 0.1) is 5.92 Å². The Kier molecular flexibility index (Phi) is 5.02. The van der Waals surface area contributed by atoms with Crippen molar-refractivity contribution in [2.24, 2.45) is 5.92 Å². The molecule has 1 aromatic carbocycles. The number of amides is 1. The van der Waals surface area contributed by atoms with Crippen LogP contribution in [-0.4, -0.2) is 47.4 Å². The molecule has 0 bridgehead atoms. The number of para-hydroxylation sites is 1. The van der Waals surface area contributed by atoms with Gasteiger partial charge in [0.05, 0.1) is 12.1 Å². The van der Waals surface area contributed by atoms with E-state index in [1.54, 1.807) is 6.20 Å². The Bertz CT molecular complexity index is 740. The summed E-state index contributed by atoms with van der Waals surface area (Å²) in [7, 11) is 0. The largest absolute Gasteiger partial charge is 0.341 e. The number of hydrogen-bond acceptors (Lipinski definition) is 5. The van der Waals surface area contributed by atoms with Gasteiger partial charge in [0.25, 0.3) is 0 Å². The van der Waals surface area contributed by atoms with E-state index in [4.69, 9.17) is 4.52 Å². The third-order valence-electron chi connectivity index (χ3n) is 5.68. The zero-order valence-corrected chi connectivity index (χ0v) is 15.3. The van der Waals surface area contributed by atoms with Crippen molar-refractivity contribution in [1.29, 1.82) is 0 Å². The van der Waals surface area contributed by atoms with E-state index in [1.807, 2.05) is 30.0 Å². The van der Waals surface area contributed by atoms with E-state index in [2.05, 4.69) is 21.3 Å². The van der Waals surface area contributed by atoms with Crippen LogP contribution < -0.4 is 4.90 Å². The molecule has 2 atom stereocenters. The van der Waals surface area contributed by atoms with Crippen molar-refractivity contribution in [2.45, 2.75) is 38.5 Å². The first-order chi connectivity index (χ1) is 12.8. The second-order valence-electron chi connectivity index (χ2n) is 7.34. The molecule has 2 unspecified atom stereocenters. The average Bonchev–Trinajstić information content (AvgIpc) is 3.21. The van der Waals surface area contributed by atoms with Gasteiger partial charge in [-0.05, 0) is 37.6 Å². The normalized spacial score (nSPS) is 23.7. The Labute approximate surface area is 154 Å². The highest BCUT2D eigenvalue weighted by Gasteiger charge is 2.39. The SMILES string of the molecule is CCC(=O)N1CC(CN2CCCCC2)C(c2cnno2)c2ccccc21. The van der Waals surface area contributed by atoms with Gasteiger partial charge in [-0.3, -0.25) is 4.79 Å². The van der Waals surface area contributed by atoms with Crippen LogP contribution in [0.4, 0.5) is 5.69 Å². The fourth-order valence-electron chi connectivity index (χ4n) is 4.45. The predicted octanol–water partition coefficient (Wildman–Crippen LogP) is 3.06. The smallest absolute Gasteiger partial charge is 0.226 e. The summed E-state index contributed by atoms with van der Waals surface area (Å²) in [6, 6.07) is 8.18. The summed E-state index contributed by atoms with van der Waals surface area (Å²) in [4.78, 5) is 17.1. The first-order valence-electron chi connectivity index (χ1n) is 9.67. The molecule has 1 fully saturated rings. The van der Waals surface area contributed by atoms with Crippen LogP contribution in [0.1, 0.15) is 49.8 Å². The molecule has 0 spiro atoms. The Morgan fingerprint density at radius 3 is 2.77 bits per heavy atom. The molecule has 6 heteroatoms. The molecule has 0 radical (unpaired) electrons. The van der Waals surface area contributed by atoms with Gasteiger partial charge in [-0.25, -0.2) is 0 Å². The number of carbonyl (C=O) groups excluding carboxylic acids is 1. The monoisotopic (exact) mass is 354 g/mol. The van der Waals surface area contributed by atoms with E-state index < -0.39 is 0 Å². The van der Waals surface area contributed by atoms with Gasteiger partial charge in [-0.2, -0.15) is 0 Å². The standard InChI is InChI=1S/C20H26N4O2/c1-2-19(25)24-14-15(13-23-10-6-3-7-11-23)20(18-12-21-22-26-18)16-8-4-5-9-17(16)24/h4-5,8-9,12,15,20H,2-3,6-7,10-11,13-14H2,1H3. The zero-order valence-electron chi connectivity index (χ0n) is 15.3. The van der Waals surface area contributed by atoms with Crippen LogP contribution in [0.3, 0.4) is 0 Å².